The molecule has 2 aromatic rings. The average Bonchev–Trinajstić information content (AvgIpc) is 2.45. The summed E-state index contributed by atoms with van der Waals surface area (Å²) in [6.07, 6.45) is 0. The van der Waals surface area contributed by atoms with E-state index in [1.165, 1.54) is 5.56 Å². The lowest BCUT2D eigenvalue weighted by atomic mass is 10.1. The number of hydrogen-bond donors (Lipinski definition) is 1. The maximum Gasteiger partial charge on any atom is 0.134 e. The number of aryl methyl sites for hydroxylation is 1. The van der Waals surface area contributed by atoms with Gasteiger partial charge in [0, 0.05) is 0 Å². The lowest BCUT2D eigenvalue weighted by Crippen LogP contribution is -2.11. The van der Waals surface area contributed by atoms with Gasteiger partial charge >= 0.3 is 0 Å². The Labute approximate surface area is 138 Å². The van der Waals surface area contributed by atoms with Crippen molar-refractivity contribution in [1.29, 1.82) is 0 Å². The lowest BCUT2D eigenvalue weighted by Gasteiger charge is -2.12. The van der Waals surface area contributed by atoms with Crippen LogP contribution >= 0.6 is 28.1 Å². The first-order chi connectivity index (χ1) is 10.0. The third-order valence-corrected chi connectivity index (χ3v) is 3.85. The second-order valence-corrected chi connectivity index (χ2v) is 5.92. The van der Waals surface area contributed by atoms with Gasteiger partial charge in [0.1, 0.15) is 23.1 Å². The number of thiocarbonyl (C=S) groups is 1. The van der Waals surface area contributed by atoms with Gasteiger partial charge in [-0.15, -0.1) is 0 Å². The van der Waals surface area contributed by atoms with Gasteiger partial charge in [0.2, 0.25) is 0 Å². The Morgan fingerprint density at radius 2 is 1.95 bits per heavy atom. The van der Waals surface area contributed by atoms with Gasteiger partial charge in [-0.3, -0.25) is 0 Å². The summed E-state index contributed by atoms with van der Waals surface area (Å²) in [5, 5.41) is 0. The minimum Gasteiger partial charge on any atom is -0.496 e. The summed E-state index contributed by atoms with van der Waals surface area (Å²) < 4.78 is 12.1. The van der Waals surface area contributed by atoms with Crippen LogP contribution in [-0.4, -0.2) is 12.1 Å². The standard InChI is InChI=1S/C16H16BrNO2S/c1-10-3-6-14(13(17)7-10)20-9-11-4-5-12(16(18)21)15(8-11)19-2/h3-8H,9H2,1-2H3,(H2,18,21). The quantitative estimate of drug-likeness (QED) is 0.813. The molecule has 0 bridgehead atoms. The molecular weight excluding hydrogens is 350 g/mol. The van der Waals surface area contributed by atoms with Crippen molar-refractivity contribution < 1.29 is 9.47 Å². The molecule has 0 unspecified atom stereocenters. The molecule has 0 spiro atoms. The maximum atomic E-state index is 5.81. The highest BCUT2D eigenvalue weighted by Gasteiger charge is 2.08. The van der Waals surface area contributed by atoms with E-state index in [1.54, 1.807) is 7.11 Å². The van der Waals surface area contributed by atoms with Gasteiger partial charge in [0.25, 0.3) is 0 Å². The van der Waals surface area contributed by atoms with Gasteiger partial charge in [0.05, 0.1) is 17.1 Å². The van der Waals surface area contributed by atoms with E-state index in [2.05, 4.69) is 15.9 Å². The third kappa shape index (κ3) is 3.95. The molecule has 0 amide bonds. The molecule has 0 heterocycles. The SMILES string of the molecule is COc1cc(COc2ccc(C)cc2Br)ccc1C(N)=S. The van der Waals surface area contributed by atoms with Crippen LogP contribution in [0.3, 0.4) is 0 Å². The van der Waals surface area contributed by atoms with E-state index in [9.17, 15) is 0 Å². The van der Waals surface area contributed by atoms with Crippen LogP contribution in [0.25, 0.3) is 0 Å². The zero-order chi connectivity index (χ0) is 15.4. The van der Waals surface area contributed by atoms with Crippen LogP contribution in [0.2, 0.25) is 0 Å². The van der Waals surface area contributed by atoms with Crippen molar-refractivity contribution >= 4 is 33.1 Å². The first-order valence-electron chi connectivity index (χ1n) is 6.37. The molecule has 0 aliphatic carbocycles. The van der Waals surface area contributed by atoms with Gasteiger partial charge < -0.3 is 15.2 Å². The molecule has 2 N–H and O–H groups in total. The van der Waals surface area contributed by atoms with Crippen LogP contribution in [0.5, 0.6) is 11.5 Å². The molecule has 110 valence electrons. The van der Waals surface area contributed by atoms with E-state index in [0.29, 0.717) is 17.3 Å². The number of halogens is 1. The van der Waals surface area contributed by atoms with Gasteiger partial charge in [-0.2, -0.15) is 0 Å². The van der Waals surface area contributed by atoms with Gasteiger partial charge in [0.15, 0.2) is 0 Å². The molecule has 21 heavy (non-hydrogen) atoms. The Kier molecular flexibility index (Phi) is 5.20. The van der Waals surface area contributed by atoms with E-state index in [0.717, 1.165) is 21.3 Å². The van der Waals surface area contributed by atoms with Crippen LogP contribution in [0.15, 0.2) is 40.9 Å². The number of methoxy groups -OCH3 is 1. The van der Waals surface area contributed by atoms with Crippen molar-refractivity contribution in [3.63, 3.8) is 0 Å². The number of ether oxygens (including phenoxy) is 2. The normalized spacial score (nSPS) is 10.2. The summed E-state index contributed by atoms with van der Waals surface area (Å²) in [4.78, 5) is 0.320. The summed E-state index contributed by atoms with van der Waals surface area (Å²) in [7, 11) is 1.60. The van der Waals surface area contributed by atoms with E-state index < -0.39 is 0 Å². The molecular formula is C16H16BrNO2S. The zero-order valence-corrected chi connectivity index (χ0v) is 14.3. The maximum absolute atomic E-state index is 5.81. The predicted octanol–water partition coefficient (Wildman–Crippen LogP) is 3.98. The molecule has 0 saturated heterocycles. The largest absolute Gasteiger partial charge is 0.496 e. The van der Waals surface area contributed by atoms with Gasteiger partial charge in [-0.05, 0) is 58.2 Å². The van der Waals surface area contributed by atoms with Crippen LogP contribution in [0, 0.1) is 6.92 Å². The first-order valence-corrected chi connectivity index (χ1v) is 7.57. The molecule has 0 aliphatic rings. The summed E-state index contributed by atoms with van der Waals surface area (Å²) in [5.74, 6) is 1.46. The van der Waals surface area contributed by atoms with Crippen LogP contribution in [-0.2, 0) is 6.61 Å². The fraction of sp³-hybridized carbons (Fsp3) is 0.188. The summed E-state index contributed by atoms with van der Waals surface area (Å²) in [6, 6.07) is 11.6. The number of hydrogen-bond acceptors (Lipinski definition) is 3. The van der Waals surface area contributed by atoms with E-state index in [-0.39, 0.29) is 0 Å². The van der Waals surface area contributed by atoms with E-state index >= 15 is 0 Å². The topological polar surface area (TPSA) is 44.5 Å². The van der Waals surface area contributed by atoms with Crippen LogP contribution < -0.4 is 15.2 Å². The second kappa shape index (κ2) is 6.91. The third-order valence-electron chi connectivity index (χ3n) is 3.01. The molecule has 0 saturated carbocycles. The van der Waals surface area contributed by atoms with Crippen LogP contribution in [0.4, 0.5) is 0 Å². The Bertz CT molecular complexity index is 673. The highest BCUT2D eigenvalue weighted by Crippen LogP contribution is 2.27. The van der Waals surface area contributed by atoms with Crippen molar-refractivity contribution in [2.45, 2.75) is 13.5 Å². The Balaban J connectivity index is 2.15. The number of benzene rings is 2. The molecule has 0 radical (unpaired) electrons. The zero-order valence-electron chi connectivity index (χ0n) is 11.9. The molecule has 0 aromatic heterocycles. The smallest absolute Gasteiger partial charge is 0.134 e. The molecule has 2 rings (SSSR count). The minimum absolute atomic E-state index is 0.320. The average molecular weight is 366 g/mol. The van der Waals surface area contributed by atoms with Gasteiger partial charge in [-0.25, -0.2) is 0 Å². The predicted molar refractivity (Wildman–Crippen MR) is 92.1 cm³/mol. The van der Waals surface area contributed by atoms with Gasteiger partial charge in [-0.1, -0.05) is 24.4 Å². The Hall–Kier alpha value is -1.59. The van der Waals surface area contributed by atoms with E-state index in [4.69, 9.17) is 27.4 Å². The Morgan fingerprint density at radius 1 is 1.19 bits per heavy atom. The van der Waals surface area contributed by atoms with Crippen molar-refractivity contribution in [3.8, 4) is 11.5 Å². The molecule has 5 heteroatoms. The molecule has 3 nitrogen and oxygen atoms in total. The van der Waals surface area contributed by atoms with Crippen molar-refractivity contribution in [2.24, 2.45) is 5.73 Å². The number of rotatable bonds is 5. The molecule has 0 aliphatic heterocycles. The Morgan fingerprint density at radius 3 is 2.57 bits per heavy atom. The highest BCUT2D eigenvalue weighted by atomic mass is 79.9. The summed E-state index contributed by atoms with van der Waals surface area (Å²) in [5.41, 5.74) is 8.55. The first kappa shape index (κ1) is 15.8. The fourth-order valence-corrected chi connectivity index (χ4v) is 2.69. The fourth-order valence-electron chi connectivity index (χ4n) is 1.91. The van der Waals surface area contributed by atoms with E-state index in [1.807, 2.05) is 43.3 Å². The second-order valence-electron chi connectivity index (χ2n) is 4.62. The van der Waals surface area contributed by atoms with Crippen molar-refractivity contribution in [2.75, 3.05) is 7.11 Å². The van der Waals surface area contributed by atoms with Crippen LogP contribution in [0.1, 0.15) is 16.7 Å². The number of nitrogens with two attached hydrogens (primary N) is 1. The molecule has 0 atom stereocenters. The minimum atomic E-state index is 0.320. The highest BCUT2D eigenvalue weighted by molar-refractivity contribution is 9.10. The monoisotopic (exact) mass is 365 g/mol. The summed E-state index contributed by atoms with van der Waals surface area (Å²) in [6.45, 7) is 2.48. The van der Waals surface area contributed by atoms with Crippen molar-refractivity contribution in [1.82, 2.24) is 0 Å². The van der Waals surface area contributed by atoms with Crippen molar-refractivity contribution in [3.05, 3.63) is 57.6 Å². The molecule has 2 aromatic carbocycles. The molecule has 0 fully saturated rings. The summed E-state index contributed by atoms with van der Waals surface area (Å²) >= 11 is 8.49. The lowest BCUT2D eigenvalue weighted by molar-refractivity contribution is 0.303.